The van der Waals surface area contributed by atoms with Crippen LogP contribution in [0.15, 0.2) is 152 Å². The molecule has 0 N–H and O–H groups in total. The molecule has 5 nitrogen and oxygen atoms in total. The Bertz CT molecular complexity index is 2970. The summed E-state index contributed by atoms with van der Waals surface area (Å²) in [5, 5.41) is 13.9. The molecular weight excluding hydrogens is 611 g/mol. The van der Waals surface area contributed by atoms with Crippen LogP contribution >= 0.6 is 0 Å². The first-order chi connectivity index (χ1) is 24.7. The predicted molar refractivity (Wildman–Crippen MR) is 203 cm³/mol. The summed E-state index contributed by atoms with van der Waals surface area (Å²) >= 11 is 0. The smallest absolute Gasteiger partial charge is 0.211 e. The van der Waals surface area contributed by atoms with Crippen LogP contribution in [0.5, 0.6) is 0 Å². The number of hydrogen-bond donors (Lipinski definition) is 0. The second-order valence-corrected chi connectivity index (χ2v) is 12.2. The van der Waals surface area contributed by atoms with Crippen molar-refractivity contribution < 1.29 is 0 Å². The summed E-state index contributed by atoms with van der Waals surface area (Å²) in [7, 11) is 0. The van der Waals surface area contributed by atoms with Gasteiger partial charge in [-0.05, 0) is 70.8 Å². The third-order valence-electron chi connectivity index (χ3n) is 9.58. The van der Waals surface area contributed by atoms with Crippen molar-refractivity contribution in [1.29, 1.82) is 5.26 Å². The van der Waals surface area contributed by atoms with Crippen LogP contribution in [0.25, 0.3) is 86.9 Å². The molecule has 2 heterocycles. The molecule has 0 aliphatic heterocycles. The van der Waals surface area contributed by atoms with Gasteiger partial charge in [0.25, 0.3) is 0 Å². The van der Waals surface area contributed by atoms with Crippen molar-refractivity contribution >= 4 is 55.0 Å². The maximum Gasteiger partial charge on any atom is 0.211 e. The minimum atomic E-state index is 0.531. The molecule has 0 amide bonds. The molecule has 5 heteroatoms. The monoisotopic (exact) mass is 635 g/mol. The van der Waals surface area contributed by atoms with Gasteiger partial charge in [-0.25, -0.2) is 9.69 Å². The molecule has 0 aliphatic rings. The molecule has 2 aromatic heterocycles. The number of para-hydroxylation sites is 3. The lowest BCUT2D eigenvalue weighted by Crippen LogP contribution is -1.99. The topological polar surface area (TPSA) is 42.4 Å². The summed E-state index contributed by atoms with van der Waals surface area (Å²) in [5.74, 6) is 0. The third kappa shape index (κ3) is 4.31. The molecule has 0 saturated heterocycles. The molecule has 9 rings (SSSR count). The van der Waals surface area contributed by atoms with Crippen molar-refractivity contribution in [3.05, 3.63) is 180 Å². The standard InChI is InChI=1S/C45H25N5/c1-47-31-22-23-37-35-15-5-8-20-42(35)50(44(37)27-31)45-38(17-10-18-40(45)48-2)34-14-4-3-13-33(34)30-11-9-12-32(26-30)49-41-19-7-6-16-36(41)39-25-29(28-46)21-24-43(39)49/h3-27H. The Morgan fingerprint density at radius 2 is 1.14 bits per heavy atom. The Labute approximate surface area is 288 Å². The lowest BCUT2D eigenvalue weighted by Gasteiger charge is -2.19. The first-order valence-corrected chi connectivity index (χ1v) is 16.2. The number of nitrogens with zero attached hydrogens (tertiary/aromatic N) is 5. The van der Waals surface area contributed by atoms with Crippen LogP contribution in [-0.4, -0.2) is 9.13 Å². The molecule has 0 fully saturated rings. The lowest BCUT2D eigenvalue weighted by atomic mass is 9.92. The number of rotatable bonds is 4. The molecule has 0 aliphatic carbocycles. The van der Waals surface area contributed by atoms with E-state index in [1.807, 2.05) is 78.9 Å². The van der Waals surface area contributed by atoms with Crippen molar-refractivity contribution in [1.82, 2.24) is 9.13 Å². The lowest BCUT2D eigenvalue weighted by molar-refractivity contribution is 1.18. The maximum absolute atomic E-state index is 9.63. The van der Waals surface area contributed by atoms with Gasteiger partial charge in [0, 0.05) is 32.7 Å². The Hall–Kier alpha value is -7.39. The Balaban J connectivity index is 1.29. The van der Waals surface area contributed by atoms with Gasteiger partial charge in [0.1, 0.15) is 0 Å². The highest BCUT2D eigenvalue weighted by atomic mass is 15.0. The average Bonchev–Trinajstić information content (AvgIpc) is 3.69. The van der Waals surface area contributed by atoms with Crippen LogP contribution in [0.4, 0.5) is 11.4 Å². The molecule has 9 aromatic rings. The largest absolute Gasteiger partial charge is 0.320 e. The zero-order valence-electron chi connectivity index (χ0n) is 26.7. The van der Waals surface area contributed by atoms with E-state index in [0.29, 0.717) is 16.9 Å². The Morgan fingerprint density at radius 1 is 0.480 bits per heavy atom. The Morgan fingerprint density at radius 3 is 1.92 bits per heavy atom. The first-order valence-electron chi connectivity index (χ1n) is 16.2. The van der Waals surface area contributed by atoms with E-state index in [9.17, 15) is 5.26 Å². The molecule has 0 atom stereocenters. The van der Waals surface area contributed by atoms with Gasteiger partial charge in [-0.15, -0.1) is 0 Å². The van der Waals surface area contributed by atoms with Crippen molar-refractivity contribution in [3.63, 3.8) is 0 Å². The molecule has 0 spiro atoms. The van der Waals surface area contributed by atoms with Gasteiger partial charge < -0.3 is 9.13 Å². The van der Waals surface area contributed by atoms with E-state index in [4.69, 9.17) is 13.1 Å². The number of fused-ring (bicyclic) bond motifs is 6. The third-order valence-corrected chi connectivity index (χ3v) is 9.58. The minimum absolute atomic E-state index is 0.531. The van der Waals surface area contributed by atoms with E-state index in [2.05, 4.69) is 97.7 Å². The summed E-state index contributed by atoms with van der Waals surface area (Å²) in [5.41, 5.74) is 11.5. The minimum Gasteiger partial charge on any atom is -0.320 e. The fourth-order valence-electron chi connectivity index (χ4n) is 7.45. The van der Waals surface area contributed by atoms with E-state index >= 15 is 0 Å². The van der Waals surface area contributed by atoms with Crippen molar-refractivity contribution in [2.45, 2.75) is 0 Å². The van der Waals surface area contributed by atoms with Gasteiger partial charge in [0.2, 0.25) is 5.69 Å². The van der Waals surface area contributed by atoms with Gasteiger partial charge >= 0.3 is 0 Å². The van der Waals surface area contributed by atoms with Crippen LogP contribution < -0.4 is 0 Å². The molecule has 50 heavy (non-hydrogen) atoms. The zero-order valence-corrected chi connectivity index (χ0v) is 26.7. The number of hydrogen-bond acceptors (Lipinski definition) is 1. The van der Waals surface area contributed by atoms with E-state index < -0.39 is 0 Å². The number of aromatic nitrogens is 2. The summed E-state index contributed by atoms with van der Waals surface area (Å²) < 4.78 is 4.42. The predicted octanol–water partition coefficient (Wildman–Crippen LogP) is 12.2. The number of nitriles is 1. The van der Waals surface area contributed by atoms with Crippen LogP contribution in [0.1, 0.15) is 5.56 Å². The van der Waals surface area contributed by atoms with E-state index in [-0.39, 0.29) is 0 Å². The van der Waals surface area contributed by atoms with E-state index in [1.165, 1.54) is 0 Å². The summed E-state index contributed by atoms with van der Waals surface area (Å²) in [4.78, 5) is 7.77. The molecule has 0 saturated carbocycles. The zero-order chi connectivity index (χ0) is 33.8. The second kappa shape index (κ2) is 11.4. The summed E-state index contributed by atoms with van der Waals surface area (Å²) in [6.45, 7) is 16.0. The highest BCUT2D eigenvalue weighted by Crippen LogP contribution is 2.44. The van der Waals surface area contributed by atoms with Crippen LogP contribution in [0.2, 0.25) is 0 Å². The normalized spacial score (nSPS) is 11.1. The fraction of sp³-hybridized carbons (Fsp3) is 0. The van der Waals surface area contributed by atoms with Crippen molar-refractivity contribution in [2.75, 3.05) is 0 Å². The SMILES string of the molecule is [C-]#[N+]c1ccc2c3ccccc3n(-c3c([N+]#[C-])cccc3-c3ccccc3-c3cccc(-n4c5ccccc5c5cc(C#N)ccc54)c3)c2c1. The summed E-state index contributed by atoms with van der Waals surface area (Å²) in [6, 6.07) is 53.3. The van der Waals surface area contributed by atoms with Crippen LogP contribution in [0, 0.1) is 24.5 Å². The van der Waals surface area contributed by atoms with E-state index in [0.717, 1.165) is 77.2 Å². The average molecular weight is 636 g/mol. The first kappa shape index (κ1) is 28.8. The molecule has 0 unspecified atom stereocenters. The highest BCUT2D eigenvalue weighted by molar-refractivity contribution is 6.12. The Kier molecular flexibility index (Phi) is 6.56. The van der Waals surface area contributed by atoms with Gasteiger partial charge in [-0.2, -0.15) is 5.26 Å². The van der Waals surface area contributed by atoms with Crippen LogP contribution in [-0.2, 0) is 0 Å². The summed E-state index contributed by atoms with van der Waals surface area (Å²) in [6.07, 6.45) is 0. The second-order valence-electron chi connectivity index (χ2n) is 12.2. The van der Waals surface area contributed by atoms with Crippen LogP contribution in [0.3, 0.4) is 0 Å². The highest BCUT2D eigenvalue weighted by Gasteiger charge is 2.21. The van der Waals surface area contributed by atoms with Crippen molar-refractivity contribution in [2.24, 2.45) is 0 Å². The fourth-order valence-corrected chi connectivity index (χ4v) is 7.45. The van der Waals surface area contributed by atoms with Gasteiger partial charge in [-0.3, -0.25) is 0 Å². The molecule has 0 radical (unpaired) electrons. The van der Waals surface area contributed by atoms with E-state index in [1.54, 1.807) is 0 Å². The molecule has 230 valence electrons. The number of benzene rings is 7. The maximum atomic E-state index is 9.63. The molecule has 7 aromatic carbocycles. The molecule has 0 bridgehead atoms. The van der Waals surface area contributed by atoms with Gasteiger partial charge in [-0.1, -0.05) is 103 Å². The van der Waals surface area contributed by atoms with Crippen molar-refractivity contribution in [3.8, 4) is 39.7 Å². The molecular formula is C45H25N5. The van der Waals surface area contributed by atoms with Gasteiger partial charge in [0.05, 0.1) is 47.0 Å². The quantitative estimate of drug-likeness (QED) is 0.177. The van der Waals surface area contributed by atoms with Gasteiger partial charge in [0.15, 0.2) is 5.69 Å².